The fourth-order valence-electron chi connectivity index (χ4n) is 2.32. The maximum Gasteiger partial charge on any atom is 0.227 e. The first-order chi connectivity index (χ1) is 9.55. The van der Waals surface area contributed by atoms with E-state index < -0.39 is 11.6 Å². The van der Waals surface area contributed by atoms with Crippen molar-refractivity contribution >= 4 is 12.0 Å². The number of amides is 1. The molecule has 1 amide bonds. The normalized spacial score (nSPS) is 18.4. The van der Waals surface area contributed by atoms with Crippen molar-refractivity contribution in [2.45, 2.75) is 18.9 Å². The highest BCUT2D eigenvalue weighted by atomic mass is 19.1. The van der Waals surface area contributed by atoms with E-state index in [-0.39, 0.29) is 29.6 Å². The van der Waals surface area contributed by atoms with Crippen LogP contribution < -0.4 is 0 Å². The largest absolute Gasteiger partial charge is 0.380 e. The first kappa shape index (κ1) is 14.7. The van der Waals surface area contributed by atoms with E-state index in [9.17, 15) is 13.6 Å². The molecule has 108 valence electrons. The Labute approximate surface area is 116 Å². The van der Waals surface area contributed by atoms with Crippen molar-refractivity contribution in [3.8, 4) is 0 Å². The Kier molecular flexibility index (Phi) is 4.49. The van der Waals surface area contributed by atoms with Gasteiger partial charge in [-0.1, -0.05) is 12.7 Å². The predicted molar refractivity (Wildman–Crippen MR) is 72.1 cm³/mol. The molecule has 3 nitrogen and oxygen atoms in total. The standard InChI is InChI=1S/C15H17F2NO2/c1-3-10-6-14(17)11(7-13(10)16)8-15(19)18-5-4-12(9-18)20-2/h3,6-7,12H,1,4-5,8-9H2,2H3. The highest BCUT2D eigenvalue weighted by molar-refractivity contribution is 5.79. The zero-order chi connectivity index (χ0) is 14.7. The molecule has 1 unspecified atom stereocenters. The molecular formula is C15H17F2NO2. The van der Waals surface area contributed by atoms with Crippen molar-refractivity contribution in [2.75, 3.05) is 20.2 Å². The van der Waals surface area contributed by atoms with Gasteiger partial charge in [-0.2, -0.15) is 0 Å². The molecule has 0 aliphatic carbocycles. The third-order valence-electron chi connectivity index (χ3n) is 3.56. The van der Waals surface area contributed by atoms with Crippen LogP contribution in [0.4, 0.5) is 8.78 Å². The van der Waals surface area contributed by atoms with Crippen LogP contribution in [0.1, 0.15) is 17.5 Å². The third-order valence-corrected chi connectivity index (χ3v) is 3.56. The molecule has 1 saturated heterocycles. The molecule has 1 aromatic rings. The minimum Gasteiger partial charge on any atom is -0.380 e. The van der Waals surface area contributed by atoms with Gasteiger partial charge in [0.25, 0.3) is 0 Å². The second-order valence-corrected chi connectivity index (χ2v) is 4.83. The number of halogens is 2. The van der Waals surface area contributed by atoms with Crippen LogP contribution in [0.2, 0.25) is 0 Å². The van der Waals surface area contributed by atoms with E-state index in [0.717, 1.165) is 18.6 Å². The highest BCUT2D eigenvalue weighted by Gasteiger charge is 2.26. The zero-order valence-corrected chi connectivity index (χ0v) is 11.4. The van der Waals surface area contributed by atoms with Gasteiger partial charge in [-0.15, -0.1) is 0 Å². The summed E-state index contributed by atoms with van der Waals surface area (Å²) in [6, 6.07) is 2.13. The van der Waals surface area contributed by atoms with E-state index >= 15 is 0 Å². The lowest BCUT2D eigenvalue weighted by atomic mass is 10.1. The minimum atomic E-state index is -0.586. The smallest absolute Gasteiger partial charge is 0.227 e. The van der Waals surface area contributed by atoms with Crippen LogP contribution in [-0.2, 0) is 16.0 Å². The Morgan fingerprint density at radius 2 is 2.25 bits per heavy atom. The molecule has 0 N–H and O–H groups in total. The van der Waals surface area contributed by atoms with Gasteiger partial charge in [0.15, 0.2) is 0 Å². The monoisotopic (exact) mass is 281 g/mol. The molecule has 0 saturated carbocycles. The number of rotatable bonds is 4. The topological polar surface area (TPSA) is 29.5 Å². The Balaban J connectivity index is 2.08. The quantitative estimate of drug-likeness (QED) is 0.848. The molecule has 1 fully saturated rings. The summed E-state index contributed by atoms with van der Waals surface area (Å²) in [5.74, 6) is -1.37. The molecule has 1 aromatic carbocycles. The fourth-order valence-corrected chi connectivity index (χ4v) is 2.32. The summed E-state index contributed by atoms with van der Waals surface area (Å²) in [5, 5.41) is 0. The minimum absolute atomic E-state index is 0.0312. The Hall–Kier alpha value is -1.75. The van der Waals surface area contributed by atoms with Gasteiger partial charge < -0.3 is 9.64 Å². The molecular weight excluding hydrogens is 264 g/mol. The molecule has 0 spiro atoms. The average molecular weight is 281 g/mol. The molecule has 1 atom stereocenters. The molecule has 0 aromatic heterocycles. The number of benzene rings is 1. The van der Waals surface area contributed by atoms with Crippen molar-refractivity contribution < 1.29 is 18.3 Å². The summed E-state index contributed by atoms with van der Waals surface area (Å²) < 4.78 is 32.6. The lowest BCUT2D eigenvalue weighted by Gasteiger charge is -2.16. The molecule has 2 rings (SSSR count). The van der Waals surface area contributed by atoms with E-state index in [1.165, 1.54) is 6.08 Å². The fraction of sp³-hybridized carbons (Fsp3) is 0.400. The average Bonchev–Trinajstić information content (AvgIpc) is 2.91. The number of hydrogen-bond donors (Lipinski definition) is 0. The first-order valence-electron chi connectivity index (χ1n) is 6.46. The number of nitrogens with zero attached hydrogens (tertiary/aromatic N) is 1. The summed E-state index contributed by atoms with van der Waals surface area (Å²) in [6.07, 6.45) is 1.90. The van der Waals surface area contributed by atoms with Gasteiger partial charge in [0.2, 0.25) is 5.91 Å². The molecule has 5 heteroatoms. The summed E-state index contributed by atoms with van der Waals surface area (Å²) in [7, 11) is 1.60. The van der Waals surface area contributed by atoms with Crippen molar-refractivity contribution in [2.24, 2.45) is 0 Å². The van der Waals surface area contributed by atoms with Crippen molar-refractivity contribution in [1.82, 2.24) is 4.90 Å². The number of hydrogen-bond acceptors (Lipinski definition) is 2. The van der Waals surface area contributed by atoms with Crippen LogP contribution in [-0.4, -0.2) is 37.1 Å². The summed E-state index contributed by atoms with van der Waals surface area (Å²) in [4.78, 5) is 13.7. The van der Waals surface area contributed by atoms with Crippen LogP contribution >= 0.6 is 0 Å². The van der Waals surface area contributed by atoms with E-state index in [1.54, 1.807) is 12.0 Å². The highest BCUT2D eigenvalue weighted by Crippen LogP contribution is 2.19. The lowest BCUT2D eigenvalue weighted by molar-refractivity contribution is -0.129. The predicted octanol–water partition coefficient (Wildman–Crippen LogP) is 2.40. The van der Waals surface area contributed by atoms with Crippen LogP contribution in [0.25, 0.3) is 6.08 Å². The SMILES string of the molecule is C=Cc1cc(F)c(CC(=O)N2CCC(OC)C2)cc1F. The third kappa shape index (κ3) is 3.04. The van der Waals surface area contributed by atoms with Crippen LogP contribution in [0.15, 0.2) is 18.7 Å². The molecule has 1 aliphatic rings. The Morgan fingerprint density at radius 3 is 2.85 bits per heavy atom. The second-order valence-electron chi connectivity index (χ2n) is 4.83. The van der Waals surface area contributed by atoms with Crippen molar-refractivity contribution in [1.29, 1.82) is 0 Å². The Morgan fingerprint density at radius 1 is 1.50 bits per heavy atom. The van der Waals surface area contributed by atoms with E-state index in [0.29, 0.717) is 13.1 Å². The number of methoxy groups -OCH3 is 1. The van der Waals surface area contributed by atoms with Gasteiger partial charge in [-0.3, -0.25) is 4.79 Å². The van der Waals surface area contributed by atoms with Gasteiger partial charge in [-0.05, 0) is 18.6 Å². The molecule has 20 heavy (non-hydrogen) atoms. The van der Waals surface area contributed by atoms with Gasteiger partial charge in [-0.25, -0.2) is 8.78 Å². The van der Waals surface area contributed by atoms with E-state index in [1.807, 2.05) is 0 Å². The van der Waals surface area contributed by atoms with Gasteiger partial charge >= 0.3 is 0 Å². The van der Waals surface area contributed by atoms with E-state index in [4.69, 9.17) is 4.74 Å². The van der Waals surface area contributed by atoms with Crippen LogP contribution in [0.3, 0.4) is 0 Å². The maximum atomic E-state index is 13.8. The second kappa shape index (κ2) is 6.13. The van der Waals surface area contributed by atoms with Crippen LogP contribution in [0, 0.1) is 11.6 Å². The summed E-state index contributed by atoms with van der Waals surface area (Å²) >= 11 is 0. The Bertz CT molecular complexity index is 531. The molecule has 0 radical (unpaired) electrons. The number of likely N-dealkylation sites (tertiary alicyclic amines) is 1. The summed E-state index contributed by atoms with van der Waals surface area (Å²) in [6.45, 7) is 4.50. The molecule has 0 bridgehead atoms. The van der Waals surface area contributed by atoms with Gasteiger partial charge in [0.05, 0.1) is 12.5 Å². The zero-order valence-electron chi connectivity index (χ0n) is 11.4. The first-order valence-corrected chi connectivity index (χ1v) is 6.46. The lowest BCUT2D eigenvalue weighted by Crippen LogP contribution is -2.31. The van der Waals surface area contributed by atoms with Crippen molar-refractivity contribution in [3.63, 3.8) is 0 Å². The summed E-state index contributed by atoms with van der Waals surface area (Å²) in [5.41, 5.74) is 0.165. The van der Waals surface area contributed by atoms with Gasteiger partial charge in [0.1, 0.15) is 11.6 Å². The number of carbonyl (C=O) groups excluding carboxylic acids is 1. The van der Waals surface area contributed by atoms with Crippen LogP contribution in [0.5, 0.6) is 0 Å². The maximum absolute atomic E-state index is 13.8. The number of ether oxygens (including phenoxy) is 1. The molecule has 1 aliphatic heterocycles. The van der Waals surface area contributed by atoms with Crippen molar-refractivity contribution in [3.05, 3.63) is 41.5 Å². The number of carbonyl (C=O) groups is 1. The van der Waals surface area contributed by atoms with Gasteiger partial charge in [0, 0.05) is 31.3 Å². The molecule has 1 heterocycles. The van der Waals surface area contributed by atoms with E-state index in [2.05, 4.69) is 6.58 Å².